The highest BCUT2D eigenvalue weighted by Crippen LogP contribution is 2.09. The van der Waals surface area contributed by atoms with E-state index in [1.54, 1.807) is 30.3 Å². The van der Waals surface area contributed by atoms with Gasteiger partial charge in [-0.15, -0.1) is 0 Å². The number of carboxylic acid groups (broad SMARTS) is 1. The number of hydrogen-bond donors (Lipinski definition) is 3. The number of fused-ring (bicyclic) bond motifs is 1. The van der Waals surface area contributed by atoms with Crippen molar-refractivity contribution in [2.45, 2.75) is 0 Å². The van der Waals surface area contributed by atoms with E-state index < -0.39 is 17.2 Å². The zero-order valence-corrected chi connectivity index (χ0v) is 13.3. The zero-order chi connectivity index (χ0) is 18.1. The van der Waals surface area contributed by atoms with E-state index in [4.69, 9.17) is 0 Å². The second kappa shape index (κ2) is 6.07. The van der Waals surface area contributed by atoms with Gasteiger partial charge in [0.1, 0.15) is 0 Å². The number of aryl methyl sites for hydroxylation is 1. The van der Waals surface area contributed by atoms with Gasteiger partial charge in [-0.3, -0.25) is 13.9 Å². The zero-order valence-electron chi connectivity index (χ0n) is 13.3. The Morgan fingerprint density at radius 1 is 1.20 bits per heavy atom. The lowest BCUT2D eigenvalue weighted by molar-refractivity contribution is -0.129. The Morgan fingerprint density at radius 2 is 1.88 bits per heavy atom. The van der Waals surface area contributed by atoms with E-state index in [0.717, 1.165) is 4.57 Å². The monoisotopic (exact) mass is 342 g/mol. The number of rotatable bonds is 4. The van der Waals surface area contributed by atoms with E-state index in [2.05, 4.69) is 20.5 Å². The number of imidazole rings is 1. The lowest BCUT2D eigenvalue weighted by Gasteiger charge is -2.01. The number of H-pyrrole nitrogens is 1. The molecular weight excluding hydrogens is 328 g/mol. The summed E-state index contributed by atoms with van der Waals surface area (Å²) in [7, 11) is 2.83. The van der Waals surface area contributed by atoms with Crippen LogP contribution in [0.5, 0.6) is 0 Å². The number of anilines is 1. The maximum absolute atomic E-state index is 12.1. The molecule has 0 saturated carbocycles. The normalized spacial score (nSPS) is 11.7. The molecule has 10 nitrogen and oxygen atoms in total. The Balaban J connectivity index is 2.05. The van der Waals surface area contributed by atoms with E-state index >= 15 is 0 Å². The molecule has 0 bridgehead atoms. The van der Waals surface area contributed by atoms with Gasteiger partial charge in [0.2, 0.25) is 5.95 Å². The molecule has 3 N–H and O–H groups in total. The number of hydrazone groups is 1. The molecule has 3 rings (SSSR count). The first-order chi connectivity index (χ1) is 11.9. The summed E-state index contributed by atoms with van der Waals surface area (Å²) in [6, 6.07) is 8.34. The maximum Gasteiger partial charge on any atom is 0.356 e. The number of nitrogens with zero attached hydrogens (tertiary/aromatic N) is 4. The Hall–Kier alpha value is -3.69. The lowest BCUT2D eigenvalue weighted by atomic mass is 10.1. The standard InChI is InChI=1S/C15H14N6O4/c1-20-11-10(12(22)21(2)15(20)25)16-14(17-11)19-18-9(13(23)24)8-6-4-3-5-7-8/h3-7H,1-2H3,(H,23,24)(H2,16,17,19)/b18-9-. The number of hydrogen-bond acceptors (Lipinski definition) is 6. The van der Waals surface area contributed by atoms with Gasteiger partial charge in [-0.1, -0.05) is 30.3 Å². The van der Waals surface area contributed by atoms with Gasteiger partial charge in [0.15, 0.2) is 16.9 Å². The maximum atomic E-state index is 12.1. The van der Waals surface area contributed by atoms with Crippen LogP contribution < -0.4 is 16.7 Å². The quantitative estimate of drug-likeness (QED) is 0.446. The summed E-state index contributed by atoms with van der Waals surface area (Å²) < 4.78 is 2.15. The summed E-state index contributed by atoms with van der Waals surface area (Å²) >= 11 is 0. The third-order valence-electron chi connectivity index (χ3n) is 3.62. The smallest absolute Gasteiger partial charge is 0.356 e. The van der Waals surface area contributed by atoms with Crippen LogP contribution in [0.3, 0.4) is 0 Å². The molecule has 0 spiro atoms. The van der Waals surface area contributed by atoms with Gasteiger partial charge < -0.3 is 10.1 Å². The second-order valence-corrected chi connectivity index (χ2v) is 5.23. The van der Waals surface area contributed by atoms with Crippen LogP contribution in [0.25, 0.3) is 11.2 Å². The van der Waals surface area contributed by atoms with Gasteiger partial charge in [0, 0.05) is 19.7 Å². The molecule has 0 unspecified atom stereocenters. The Morgan fingerprint density at radius 3 is 2.52 bits per heavy atom. The molecule has 0 aliphatic heterocycles. The van der Waals surface area contributed by atoms with Gasteiger partial charge >= 0.3 is 11.7 Å². The van der Waals surface area contributed by atoms with Crippen molar-refractivity contribution in [2.75, 3.05) is 5.43 Å². The average Bonchev–Trinajstić information content (AvgIpc) is 3.03. The molecule has 2 aromatic heterocycles. The topological polar surface area (TPSA) is 134 Å². The molecule has 0 aliphatic rings. The van der Waals surface area contributed by atoms with Crippen molar-refractivity contribution in [3.8, 4) is 0 Å². The van der Waals surface area contributed by atoms with Crippen LogP contribution in [0.4, 0.5) is 5.95 Å². The van der Waals surface area contributed by atoms with Gasteiger partial charge in [-0.25, -0.2) is 15.0 Å². The molecule has 25 heavy (non-hydrogen) atoms. The summed E-state index contributed by atoms with van der Waals surface area (Å²) in [5.74, 6) is -1.18. The fourth-order valence-electron chi connectivity index (χ4n) is 2.32. The van der Waals surface area contributed by atoms with Crippen LogP contribution in [0.1, 0.15) is 5.56 Å². The minimum atomic E-state index is -1.22. The van der Waals surface area contributed by atoms with Crippen LogP contribution >= 0.6 is 0 Å². The van der Waals surface area contributed by atoms with Crippen molar-refractivity contribution in [2.24, 2.45) is 19.2 Å². The predicted molar refractivity (Wildman–Crippen MR) is 90.8 cm³/mol. The average molecular weight is 342 g/mol. The van der Waals surface area contributed by atoms with Crippen molar-refractivity contribution in [1.29, 1.82) is 0 Å². The summed E-state index contributed by atoms with van der Waals surface area (Å²) in [6.07, 6.45) is 0. The van der Waals surface area contributed by atoms with Crippen LogP contribution in [0, 0.1) is 0 Å². The first-order valence-electron chi connectivity index (χ1n) is 7.18. The van der Waals surface area contributed by atoms with Gasteiger partial charge in [-0.05, 0) is 0 Å². The van der Waals surface area contributed by atoms with E-state index in [1.807, 2.05) is 0 Å². The largest absolute Gasteiger partial charge is 0.476 e. The Labute approximate surface area is 140 Å². The number of aromatic nitrogens is 4. The van der Waals surface area contributed by atoms with E-state index in [-0.39, 0.29) is 22.8 Å². The number of nitrogens with one attached hydrogen (secondary N) is 2. The Kier molecular flexibility index (Phi) is 3.93. The van der Waals surface area contributed by atoms with Crippen molar-refractivity contribution in [1.82, 2.24) is 19.1 Å². The number of benzene rings is 1. The minimum absolute atomic E-state index is 0.0444. The van der Waals surface area contributed by atoms with Crippen molar-refractivity contribution < 1.29 is 9.90 Å². The molecule has 128 valence electrons. The van der Waals surface area contributed by atoms with Gasteiger partial charge in [0.05, 0.1) is 0 Å². The summed E-state index contributed by atoms with van der Waals surface area (Å²) in [6.45, 7) is 0. The van der Waals surface area contributed by atoms with E-state index in [0.29, 0.717) is 5.56 Å². The summed E-state index contributed by atoms with van der Waals surface area (Å²) in [4.78, 5) is 42.2. The highest BCUT2D eigenvalue weighted by Gasteiger charge is 2.15. The van der Waals surface area contributed by atoms with Crippen molar-refractivity contribution in [3.05, 3.63) is 56.7 Å². The lowest BCUT2D eigenvalue weighted by Crippen LogP contribution is -2.36. The van der Waals surface area contributed by atoms with E-state index in [1.165, 1.54) is 18.7 Å². The number of aromatic amines is 1. The van der Waals surface area contributed by atoms with Gasteiger partial charge in [-0.2, -0.15) is 10.1 Å². The molecule has 2 heterocycles. The summed E-state index contributed by atoms with van der Waals surface area (Å²) in [5, 5.41) is 13.1. The number of carboxylic acids is 1. The molecule has 3 aromatic rings. The predicted octanol–water partition coefficient (Wildman–Crippen LogP) is -0.139. The van der Waals surface area contributed by atoms with Crippen LogP contribution in [-0.2, 0) is 18.9 Å². The van der Waals surface area contributed by atoms with E-state index in [9.17, 15) is 19.5 Å². The number of aliphatic carboxylic acids is 1. The molecule has 1 aromatic carbocycles. The third kappa shape index (κ3) is 2.80. The molecular formula is C15H14N6O4. The van der Waals surface area contributed by atoms with Crippen LogP contribution in [-0.4, -0.2) is 35.9 Å². The van der Waals surface area contributed by atoms with Gasteiger partial charge in [0.25, 0.3) is 5.56 Å². The molecule has 0 fully saturated rings. The molecule has 0 atom stereocenters. The molecule has 10 heteroatoms. The molecule has 0 amide bonds. The highest BCUT2D eigenvalue weighted by atomic mass is 16.4. The molecule has 0 radical (unpaired) electrons. The first kappa shape index (κ1) is 16.2. The number of carbonyl (C=O) groups is 1. The van der Waals surface area contributed by atoms with Crippen molar-refractivity contribution >= 4 is 28.8 Å². The van der Waals surface area contributed by atoms with Crippen LogP contribution in [0.15, 0.2) is 45.0 Å². The molecule has 0 aliphatic carbocycles. The highest BCUT2D eigenvalue weighted by molar-refractivity contribution is 6.42. The summed E-state index contributed by atoms with van der Waals surface area (Å²) in [5.41, 5.74) is 1.86. The minimum Gasteiger partial charge on any atom is -0.476 e. The fraction of sp³-hybridized carbons (Fsp3) is 0.133. The first-order valence-corrected chi connectivity index (χ1v) is 7.18. The van der Waals surface area contributed by atoms with Crippen molar-refractivity contribution in [3.63, 3.8) is 0 Å². The fourth-order valence-corrected chi connectivity index (χ4v) is 2.32. The molecule has 0 saturated heterocycles. The Bertz CT molecular complexity index is 1110. The van der Waals surface area contributed by atoms with Crippen LogP contribution in [0.2, 0.25) is 0 Å². The SMILES string of the molecule is Cn1c(=O)c2[nH]c(N/N=C(\C(=O)O)c3ccccc3)nc2n(C)c1=O. The third-order valence-corrected chi connectivity index (χ3v) is 3.62. The second-order valence-electron chi connectivity index (χ2n) is 5.23.